The van der Waals surface area contributed by atoms with Crippen molar-refractivity contribution in [2.24, 2.45) is 0 Å². The summed E-state index contributed by atoms with van der Waals surface area (Å²) in [5.74, 6) is -1.11. The molecular weight excluding hydrogens is 430 g/mol. The quantitative estimate of drug-likeness (QED) is 0.402. The van der Waals surface area contributed by atoms with Gasteiger partial charge in [0, 0.05) is 22.2 Å². The van der Waals surface area contributed by atoms with E-state index in [9.17, 15) is 18.0 Å². The Morgan fingerprint density at radius 1 is 0.781 bits per heavy atom. The van der Waals surface area contributed by atoms with Crippen molar-refractivity contribution in [1.82, 2.24) is 10.9 Å². The number of amides is 2. The van der Waals surface area contributed by atoms with E-state index in [1.54, 1.807) is 49.4 Å². The number of anilines is 1. The van der Waals surface area contributed by atoms with Gasteiger partial charge in [-0.15, -0.1) is 0 Å². The standard InChI is InChI=1S/C23H19N3O5S/c1-15-19-9-5-6-10-20(19)31-21(15)23(28)25-24-22(27)16-11-13-18(14-12-16)32(29,30)26-17-7-3-2-4-8-17/h2-14,26H,1H3,(H,24,27)(H,25,28). The molecular formula is C23H19N3O5S. The number of para-hydroxylation sites is 2. The molecule has 9 heteroatoms. The lowest BCUT2D eigenvalue weighted by Gasteiger charge is -2.09. The number of sulfonamides is 1. The van der Waals surface area contributed by atoms with E-state index in [2.05, 4.69) is 15.6 Å². The summed E-state index contributed by atoms with van der Waals surface area (Å²) in [6.07, 6.45) is 0. The number of hydrazine groups is 1. The number of carbonyl (C=O) groups is 2. The van der Waals surface area contributed by atoms with Gasteiger partial charge in [-0.1, -0.05) is 36.4 Å². The minimum absolute atomic E-state index is 0.000149. The summed E-state index contributed by atoms with van der Waals surface area (Å²) in [6.45, 7) is 1.76. The second kappa shape index (κ2) is 8.56. The van der Waals surface area contributed by atoms with Gasteiger partial charge in [-0.05, 0) is 49.4 Å². The zero-order chi connectivity index (χ0) is 22.7. The number of carbonyl (C=O) groups excluding carboxylic acids is 2. The van der Waals surface area contributed by atoms with Crippen LogP contribution in [0.15, 0.2) is 88.2 Å². The maximum absolute atomic E-state index is 12.5. The molecule has 2 amide bonds. The molecule has 1 heterocycles. The molecule has 0 bridgehead atoms. The number of rotatable bonds is 5. The van der Waals surface area contributed by atoms with E-state index in [0.29, 0.717) is 16.8 Å². The largest absolute Gasteiger partial charge is 0.451 e. The molecule has 0 aliphatic rings. The van der Waals surface area contributed by atoms with E-state index < -0.39 is 21.8 Å². The fourth-order valence-corrected chi connectivity index (χ4v) is 4.20. The fourth-order valence-electron chi connectivity index (χ4n) is 3.14. The molecule has 3 N–H and O–H groups in total. The molecule has 0 fully saturated rings. The molecule has 3 aromatic carbocycles. The number of benzene rings is 3. The lowest BCUT2D eigenvalue weighted by Crippen LogP contribution is -2.41. The van der Waals surface area contributed by atoms with Crippen LogP contribution in [0.4, 0.5) is 5.69 Å². The van der Waals surface area contributed by atoms with Crippen LogP contribution < -0.4 is 15.6 Å². The highest BCUT2D eigenvalue weighted by Crippen LogP contribution is 2.24. The number of hydrogen-bond donors (Lipinski definition) is 3. The Morgan fingerprint density at radius 3 is 2.09 bits per heavy atom. The van der Waals surface area contributed by atoms with Gasteiger partial charge in [-0.2, -0.15) is 0 Å². The van der Waals surface area contributed by atoms with Crippen LogP contribution in [-0.4, -0.2) is 20.2 Å². The molecule has 0 spiro atoms. The minimum Gasteiger partial charge on any atom is -0.451 e. The molecule has 0 aliphatic heterocycles. The number of nitrogens with one attached hydrogen (secondary N) is 3. The summed E-state index contributed by atoms with van der Waals surface area (Å²) < 4.78 is 33.0. The molecule has 0 atom stereocenters. The molecule has 8 nitrogen and oxygen atoms in total. The Balaban J connectivity index is 1.41. The molecule has 0 radical (unpaired) electrons. The van der Waals surface area contributed by atoms with Crippen molar-refractivity contribution >= 4 is 38.5 Å². The topological polar surface area (TPSA) is 118 Å². The average Bonchev–Trinajstić information content (AvgIpc) is 3.14. The van der Waals surface area contributed by atoms with Crippen molar-refractivity contribution < 1.29 is 22.4 Å². The summed E-state index contributed by atoms with van der Waals surface area (Å²) in [5, 5.41) is 0.810. The average molecular weight is 449 g/mol. The first-order chi connectivity index (χ1) is 15.3. The van der Waals surface area contributed by atoms with Crippen LogP contribution in [-0.2, 0) is 10.0 Å². The van der Waals surface area contributed by atoms with Gasteiger partial charge >= 0.3 is 5.91 Å². The summed E-state index contributed by atoms with van der Waals surface area (Å²) in [5.41, 5.74) is 6.45. The second-order valence-corrected chi connectivity index (χ2v) is 8.64. The molecule has 162 valence electrons. The van der Waals surface area contributed by atoms with Crippen molar-refractivity contribution in [3.05, 3.63) is 95.7 Å². The van der Waals surface area contributed by atoms with Crippen LogP contribution in [0, 0.1) is 6.92 Å². The molecule has 0 saturated heterocycles. The van der Waals surface area contributed by atoms with Gasteiger partial charge in [-0.3, -0.25) is 25.2 Å². The summed E-state index contributed by atoms with van der Waals surface area (Å²) >= 11 is 0. The summed E-state index contributed by atoms with van der Waals surface area (Å²) in [4.78, 5) is 24.8. The van der Waals surface area contributed by atoms with Crippen molar-refractivity contribution in [1.29, 1.82) is 0 Å². The first-order valence-corrected chi connectivity index (χ1v) is 11.1. The third-order valence-electron chi connectivity index (χ3n) is 4.79. The fraction of sp³-hybridized carbons (Fsp3) is 0.0435. The van der Waals surface area contributed by atoms with Gasteiger partial charge < -0.3 is 4.42 Å². The molecule has 0 saturated carbocycles. The number of fused-ring (bicyclic) bond motifs is 1. The smallest absolute Gasteiger partial charge is 0.305 e. The van der Waals surface area contributed by atoms with Gasteiger partial charge in [-0.25, -0.2) is 8.42 Å². The molecule has 32 heavy (non-hydrogen) atoms. The first kappa shape index (κ1) is 21.1. The number of aryl methyl sites for hydroxylation is 1. The molecule has 4 aromatic rings. The van der Waals surface area contributed by atoms with Gasteiger partial charge in [0.25, 0.3) is 15.9 Å². The molecule has 0 aliphatic carbocycles. The van der Waals surface area contributed by atoms with Crippen LogP contribution in [0.3, 0.4) is 0 Å². The SMILES string of the molecule is Cc1c(C(=O)NNC(=O)c2ccc(S(=O)(=O)Nc3ccccc3)cc2)oc2ccccc12. The van der Waals surface area contributed by atoms with E-state index in [1.165, 1.54) is 24.3 Å². The van der Waals surface area contributed by atoms with Crippen molar-refractivity contribution in [3.63, 3.8) is 0 Å². The minimum atomic E-state index is -3.80. The lowest BCUT2D eigenvalue weighted by molar-refractivity contribution is 0.0831. The van der Waals surface area contributed by atoms with Crippen LogP contribution in [0.1, 0.15) is 26.5 Å². The first-order valence-electron chi connectivity index (χ1n) is 9.62. The predicted molar refractivity (Wildman–Crippen MR) is 120 cm³/mol. The molecule has 1 aromatic heterocycles. The van der Waals surface area contributed by atoms with Gasteiger partial charge in [0.05, 0.1) is 4.90 Å². The van der Waals surface area contributed by atoms with E-state index in [4.69, 9.17) is 4.42 Å². The Kier molecular flexibility index (Phi) is 5.65. The Morgan fingerprint density at radius 2 is 1.41 bits per heavy atom. The monoisotopic (exact) mass is 449 g/mol. The third-order valence-corrected chi connectivity index (χ3v) is 6.19. The molecule has 0 unspecified atom stereocenters. The lowest BCUT2D eigenvalue weighted by atomic mass is 10.1. The van der Waals surface area contributed by atoms with Crippen LogP contribution in [0.2, 0.25) is 0 Å². The van der Waals surface area contributed by atoms with E-state index >= 15 is 0 Å². The van der Waals surface area contributed by atoms with E-state index in [1.807, 2.05) is 12.1 Å². The highest BCUT2D eigenvalue weighted by atomic mass is 32.2. The van der Waals surface area contributed by atoms with Crippen LogP contribution in [0.5, 0.6) is 0 Å². The highest BCUT2D eigenvalue weighted by molar-refractivity contribution is 7.92. The molecule has 4 rings (SSSR count). The third kappa shape index (κ3) is 4.33. The van der Waals surface area contributed by atoms with Crippen LogP contribution in [0.25, 0.3) is 11.0 Å². The predicted octanol–water partition coefficient (Wildman–Crippen LogP) is 3.62. The number of hydrogen-bond acceptors (Lipinski definition) is 5. The zero-order valence-corrected chi connectivity index (χ0v) is 17.8. The normalized spacial score (nSPS) is 11.2. The van der Waals surface area contributed by atoms with Gasteiger partial charge in [0.2, 0.25) is 0 Å². The van der Waals surface area contributed by atoms with Gasteiger partial charge in [0.1, 0.15) is 5.58 Å². The Hall–Kier alpha value is -4.11. The summed E-state index contributed by atoms with van der Waals surface area (Å²) in [7, 11) is -3.80. The van der Waals surface area contributed by atoms with Crippen molar-refractivity contribution in [2.75, 3.05) is 4.72 Å². The number of furan rings is 1. The van der Waals surface area contributed by atoms with Crippen molar-refractivity contribution in [3.8, 4) is 0 Å². The summed E-state index contributed by atoms with van der Waals surface area (Å²) in [6, 6.07) is 21.0. The van der Waals surface area contributed by atoms with E-state index in [-0.39, 0.29) is 16.2 Å². The zero-order valence-electron chi connectivity index (χ0n) is 17.0. The second-order valence-electron chi connectivity index (χ2n) is 6.96. The maximum atomic E-state index is 12.5. The highest BCUT2D eigenvalue weighted by Gasteiger charge is 2.19. The Labute approximate surface area is 184 Å². The van der Waals surface area contributed by atoms with Crippen molar-refractivity contribution in [2.45, 2.75) is 11.8 Å². The Bertz CT molecular complexity index is 1390. The van der Waals surface area contributed by atoms with E-state index in [0.717, 1.165) is 5.39 Å². The maximum Gasteiger partial charge on any atom is 0.305 e. The van der Waals surface area contributed by atoms with Crippen LogP contribution >= 0.6 is 0 Å². The van der Waals surface area contributed by atoms with Gasteiger partial charge in [0.15, 0.2) is 5.76 Å².